The van der Waals surface area contributed by atoms with Gasteiger partial charge in [-0.15, -0.1) is 4.72 Å². The molecule has 1 fully saturated rings. The first-order valence-corrected chi connectivity index (χ1v) is 13.9. The van der Waals surface area contributed by atoms with E-state index in [4.69, 9.17) is 4.74 Å². The van der Waals surface area contributed by atoms with Crippen LogP contribution in [0.2, 0.25) is 0 Å². The van der Waals surface area contributed by atoms with Crippen molar-refractivity contribution in [2.45, 2.75) is 82.2 Å². The second-order valence-corrected chi connectivity index (χ2v) is 12.7. The average molecular weight is 550 g/mol. The minimum atomic E-state index is -2.79. The summed E-state index contributed by atoms with van der Waals surface area (Å²) in [7, 11) is 0. The molecule has 2 atom stereocenters. The summed E-state index contributed by atoms with van der Waals surface area (Å²) in [5, 5.41) is 5.33. The Morgan fingerprint density at radius 1 is 1.03 bits per heavy atom. The van der Waals surface area contributed by atoms with Crippen LogP contribution in [0.25, 0.3) is 0 Å². The minimum Gasteiger partial charge on any atom is -0.598 e. The highest BCUT2D eigenvalue weighted by Crippen LogP contribution is 2.44. The van der Waals surface area contributed by atoms with Gasteiger partial charge < -0.3 is 19.9 Å². The molecule has 10 heteroatoms. The van der Waals surface area contributed by atoms with E-state index in [1.807, 2.05) is 82.3 Å². The molecule has 0 spiro atoms. The van der Waals surface area contributed by atoms with Gasteiger partial charge in [0.05, 0.1) is 11.6 Å². The van der Waals surface area contributed by atoms with Crippen molar-refractivity contribution in [3.8, 4) is 0 Å². The van der Waals surface area contributed by atoms with Crippen molar-refractivity contribution in [1.29, 1.82) is 0 Å². The Morgan fingerprint density at radius 3 is 2.21 bits per heavy atom. The zero-order valence-electron chi connectivity index (χ0n) is 22.3. The van der Waals surface area contributed by atoms with Crippen molar-refractivity contribution >= 4 is 23.4 Å². The van der Waals surface area contributed by atoms with Crippen LogP contribution in [-0.2, 0) is 33.0 Å². The summed E-state index contributed by atoms with van der Waals surface area (Å²) in [5.41, 5.74) is 1.42. The quantitative estimate of drug-likeness (QED) is 0.371. The molecule has 38 heavy (non-hydrogen) atoms. The van der Waals surface area contributed by atoms with Gasteiger partial charge in [-0.2, -0.15) is 0 Å². The Kier molecular flexibility index (Phi) is 9.78. The Labute approximate surface area is 226 Å². The number of halogens is 2. The maximum atomic E-state index is 14.0. The van der Waals surface area contributed by atoms with Crippen LogP contribution in [0.3, 0.4) is 0 Å². The second-order valence-electron chi connectivity index (χ2n) is 10.7. The van der Waals surface area contributed by atoms with E-state index in [1.54, 1.807) is 0 Å². The van der Waals surface area contributed by atoms with Crippen molar-refractivity contribution in [3.05, 3.63) is 71.3 Å². The van der Waals surface area contributed by atoms with Crippen molar-refractivity contribution in [2.24, 2.45) is 0 Å². The van der Waals surface area contributed by atoms with Gasteiger partial charge in [0.25, 0.3) is 0 Å². The number of amides is 2. The zero-order valence-corrected chi connectivity index (χ0v) is 23.1. The number of alkyl halides is 2. The highest BCUT2D eigenvalue weighted by Gasteiger charge is 2.45. The minimum absolute atomic E-state index is 0.0609. The van der Waals surface area contributed by atoms with E-state index in [1.165, 1.54) is 0 Å². The molecule has 2 amide bonds. The lowest BCUT2D eigenvalue weighted by molar-refractivity contribution is -0.124. The van der Waals surface area contributed by atoms with E-state index < -0.39 is 39.6 Å². The van der Waals surface area contributed by atoms with Gasteiger partial charge in [0.2, 0.25) is 11.8 Å². The zero-order chi connectivity index (χ0) is 28.0. The number of carbonyl (C=O) groups is 2. The largest absolute Gasteiger partial charge is 0.598 e. The maximum absolute atomic E-state index is 14.0. The fourth-order valence-corrected chi connectivity index (χ4v) is 5.07. The molecule has 0 saturated heterocycles. The number of ether oxygens (including phenoxy) is 1. The molecule has 208 valence electrons. The van der Waals surface area contributed by atoms with Gasteiger partial charge in [0, 0.05) is 24.2 Å². The molecule has 0 aromatic heterocycles. The van der Waals surface area contributed by atoms with E-state index >= 15 is 0 Å². The molecule has 2 aromatic carbocycles. The van der Waals surface area contributed by atoms with E-state index in [-0.39, 0.29) is 44.9 Å². The summed E-state index contributed by atoms with van der Waals surface area (Å²) >= 11 is -1.26. The number of benzene rings is 2. The molecular weight excluding hydrogens is 512 g/mol. The first-order valence-electron chi connectivity index (χ1n) is 12.7. The van der Waals surface area contributed by atoms with Crippen LogP contribution in [0, 0.1) is 0 Å². The van der Waals surface area contributed by atoms with Crippen LogP contribution in [0.1, 0.15) is 76.1 Å². The normalized spacial score (nSPS) is 18.2. The van der Waals surface area contributed by atoms with Crippen LogP contribution < -0.4 is 15.4 Å². The van der Waals surface area contributed by atoms with Crippen LogP contribution >= 0.6 is 0 Å². The topological polar surface area (TPSA) is 103 Å². The standard InChI is InChI=1S/C28H37F2N3O4S/c1-20(33-38(36)26(2,3)4)22-10-12-23(13-11-22)27(14-16-28(29,30)17-15-27)32-24(34)18-31-25(35)37-19-21-8-6-5-7-9-21/h5-13,20,33H,14-19H2,1-4H3,(H,31,35)(H,32,34)/t20-,38-/m0/s1. The van der Waals surface area contributed by atoms with Gasteiger partial charge in [-0.3, -0.25) is 4.79 Å². The molecule has 0 heterocycles. The number of rotatable bonds is 9. The van der Waals surface area contributed by atoms with Crippen LogP contribution in [-0.4, -0.2) is 33.8 Å². The van der Waals surface area contributed by atoms with Crippen molar-refractivity contribution in [2.75, 3.05) is 6.54 Å². The molecule has 0 aliphatic heterocycles. The molecule has 3 N–H and O–H groups in total. The predicted octanol–water partition coefficient (Wildman–Crippen LogP) is 5.25. The lowest BCUT2D eigenvalue weighted by Crippen LogP contribution is -2.52. The Bertz CT molecular complexity index is 1070. The third kappa shape index (κ3) is 8.41. The van der Waals surface area contributed by atoms with Gasteiger partial charge in [-0.25, -0.2) is 13.6 Å². The van der Waals surface area contributed by atoms with Crippen LogP contribution in [0.4, 0.5) is 13.6 Å². The smallest absolute Gasteiger partial charge is 0.407 e. The second kappa shape index (κ2) is 12.4. The van der Waals surface area contributed by atoms with E-state index in [9.17, 15) is 22.9 Å². The summed E-state index contributed by atoms with van der Waals surface area (Å²) in [6.45, 7) is 7.28. The lowest BCUT2D eigenvalue weighted by atomic mass is 9.75. The molecule has 0 radical (unpaired) electrons. The van der Waals surface area contributed by atoms with E-state index in [2.05, 4.69) is 15.4 Å². The molecule has 7 nitrogen and oxygen atoms in total. The van der Waals surface area contributed by atoms with Crippen molar-refractivity contribution < 1.29 is 27.7 Å². The molecule has 0 bridgehead atoms. The fourth-order valence-electron chi connectivity index (χ4n) is 4.26. The number of alkyl carbamates (subject to hydrolysis) is 1. The summed E-state index contributed by atoms with van der Waals surface area (Å²) in [6, 6.07) is 16.3. The number of carbonyl (C=O) groups excluding carboxylic acids is 2. The maximum Gasteiger partial charge on any atom is 0.407 e. The predicted molar refractivity (Wildman–Crippen MR) is 144 cm³/mol. The highest BCUT2D eigenvalue weighted by molar-refractivity contribution is 7.90. The van der Waals surface area contributed by atoms with Crippen LogP contribution in [0.15, 0.2) is 54.6 Å². The SMILES string of the molecule is C[C@H](N[S@@+]([O-])C(C)(C)C)c1ccc(C2(NC(=O)CNC(=O)OCc3ccccc3)CCC(F)(F)CC2)cc1. The van der Waals surface area contributed by atoms with Gasteiger partial charge in [-0.1, -0.05) is 54.6 Å². The third-order valence-corrected chi connectivity index (χ3v) is 8.30. The molecule has 1 aliphatic carbocycles. The molecular formula is C28H37F2N3O4S. The Balaban J connectivity index is 1.64. The van der Waals surface area contributed by atoms with Gasteiger partial charge >= 0.3 is 6.09 Å². The summed E-state index contributed by atoms with van der Waals surface area (Å²) in [4.78, 5) is 24.9. The summed E-state index contributed by atoms with van der Waals surface area (Å²) < 4.78 is 48.3. The Hall–Kier alpha value is -2.69. The van der Waals surface area contributed by atoms with Crippen molar-refractivity contribution in [3.63, 3.8) is 0 Å². The average Bonchev–Trinajstić information content (AvgIpc) is 2.88. The summed E-state index contributed by atoms with van der Waals surface area (Å²) in [5.74, 6) is -3.28. The molecule has 1 saturated carbocycles. The first kappa shape index (κ1) is 29.9. The molecule has 1 aliphatic rings. The molecule has 0 unspecified atom stereocenters. The number of nitrogens with one attached hydrogen (secondary N) is 3. The lowest BCUT2D eigenvalue weighted by Gasteiger charge is -2.41. The fraction of sp³-hybridized carbons (Fsp3) is 0.500. The van der Waals surface area contributed by atoms with Gasteiger partial charge in [0.15, 0.2) is 0 Å². The Morgan fingerprint density at radius 2 is 1.63 bits per heavy atom. The van der Waals surface area contributed by atoms with Crippen LogP contribution in [0.5, 0.6) is 0 Å². The number of hydrogen-bond donors (Lipinski definition) is 3. The molecule has 2 aromatic rings. The first-order chi connectivity index (χ1) is 17.8. The van der Waals surface area contributed by atoms with Gasteiger partial charge in [-0.05, 0) is 57.2 Å². The third-order valence-electron chi connectivity index (χ3n) is 6.62. The monoisotopic (exact) mass is 549 g/mol. The highest BCUT2D eigenvalue weighted by atomic mass is 32.2. The van der Waals surface area contributed by atoms with E-state index in [0.717, 1.165) is 11.1 Å². The van der Waals surface area contributed by atoms with Gasteiger partial charge in [0.1, 0.15) is 17.9 Å². The van der Waals surface area contributed by atoms with E-state index in [0.29, 0.717) is 5.56 Å². The molecule has 3 rings (SSSR count). The summed E-state index contributed by atoms with van der Waals surface area (Å²) in [6.07, 6.45) is -1.34. The van der Waals surface area contributed by atoms with Crippen molar-refractivity contribution in [1.82, 2.24) is 15.4 Å². The number of hydrogen-bond acceptors (Lipinski definition) is 5.